The molecule has 0 saturated carbocycles. The molecule has 0 unspecified atom stereocenters. The van der Waals surface area contributed by atoms with E-state index >= 15 is 0 Å². The normalized spacial score (nSPS) is 38.5. The van der Waals surface area contributed by atoms with Crippen LogP contribution in [0.15, 0.2) is 24.3 Å². The molecular formula is C17H19NO4. The fourth-order valence-electron chi connectivity index (χ4n) is 4.69. The molecule has 0 bridgehead atoms. The van der Waals surface area contributed by atoms with E-state index in [0.29, 0.717) is 13.0 Å². The molecule has 5 rings (SSSR count). The van der Waals surface area contributed by atoms with Crippen molar-refractivity contribution in [3.63, 3.8) is 0 Å². The summed E-state index contributed by atoms with van der Waals surface area (Å²) >= 11 is 0. The smallest absolute Gasteiger partial charge is 0.231 e. The summed E-state index contributed by atoms with van der Waals surface area (Å²) in [7, 11) is 2.09. The average molecular weight is 301 g/mol. The lowest BCUT2D eigenvalue weighted by Crippen LogP contribution is -2.61. The van der Waals surface area contributed by atoms with E-state index in [2.05, 4.69) is 24.1 Å². The Morgan fingerprint density at radius 3 is 2.95 bits per heavy atom. The van der Waals surface area contributed by atoms with Gasteiger partial charge in [0, 0.05) is 13.0 Å². The van der Waals surface area contributed by atoms with Crippen molar-refractivity contribution in [2.75, 3.05) is 20.4 Å². The Morgan fingerprint density at radius 1 is 1.27 bits per heavy atom. The van der Waals surface area contributed by atoms with Crippen LogP contribution in [0.5, 0.6) is 11.5 Å². The number of likely N-dealkylation sites (N-methyl/N-ethyl adjacent to an activating group) is 1. The van der Waals surface area contributed by atoms with Crippen LogP contribution in [0.1, 0.15) is 24.0 Å². The standard InChI is InChI=1S/C17H19NO4/c1-18-5-4-16-3-2-12(19)8-17(16,18)22-9-11-6-14-15(7-13(11)16)21-10-20-14/h2-3,6-7,12,19H,4-5,8-10H2,1H3/t12-,16+,17-/m1/s1. The number of hydrogen-bond acceptors (Lipinski definition) is 5. The largest absolute Gasteiger partial charge is 0.454 e. The van der Waals surface area contributed by atoms with Crippen molar-refractivity contribution < 1.29 is 19.3 Å². The first-order chi connectivity index (χ1) is 10.6. The number of ether oxygens (including phenoxy) is 3. The van der Waals surface area contributed by atoms with Crippen molar-refractivity contribution in [1.82, 2.24) is 4.90 Å². The van der Waals surface area contributed by atoms with E-state index in [9.17, 15) is 5.11 Å². The third-order valence-electron chi connectivity index (χ3n) is 5.79. The highest BCUT2D eigenvalue weighted by Crippen LogP contribution is 2.58. The van der Waals surface area contributed by atoms with Crippen LogP contribution in [-0.2, 0) is 16.8 Å². The number of likely N-dealkylation sites (tertiary alicyclic amines) is 1. The van der Waals surface area contributed by atoms with Gasteiger partial charge >= 0.3 is 0 Å². The van der Waals surface area contributed by atoms with Gasteiger partial charge in [0.05, 0.1) is 18.1 Å². The van der Waals surface area contributed by atoms with Crippen molar-refractivity contribution in [3.8, 4) is 11.5 Å². The molecule has 3 aliphatic heterocycles. The summed E-state index contributed by atoms with van der Waals surface area (Å²) in [6, 6.07) is 4.17. The van der Waals surface area contributed by atoms with E-state index in [0.717, 1.165) is 30.0 Å². The van der Waals surface area contributed by atoms with E-state index in [1.165, 1.54) is 5.56 Å². The minimum absolute atomic E-state index is 0.213. The lowest BCUT2D eigenvalue weighted by molar-refractivity contribution is -0.190. The predicted molar refractivity (Wildman–Crippen MR) is 78.8 cm³/mol. The van der Waals surface area contributed by atoms with E-state index < -0.39 is 11.8 Å². The highest BCUT2D eigenvalue weighted by atomic mass is 16.7. The molecule has 3 heterocycles. The SMILES string of the molecule is CN1CC[C@]23C=C[C@@H](O)C[C@]12OCc1cc2c(cc13)OCO2. The van der Waals surface area contributed by atoms with Gasteiger partial charge in [0.25, 0.3) is 0 Å². The second-order valence-electron chi connectivity index (χ2n) is 6.71. The molecule has 116 valence electrons. The van der Waals surface area contributed by atoms with E-state index in [-0.39, 0.29) is 12.2 Å². The maximum Gasteiger partial charge on any atom is 0.231 e. The molecule has 22 heavy (non-hydrogen) atoms. The quantitative estimate of drug-likeness (QED) is 0.737. The highest BCUT2D eigenvalue weighted by Gasteiger charge is 2.63. The zero-order valence-corrected chi connectivity index (χ0v) is 12.5. The molecule has 0 aromatic heterocycles. The van der Waals surface area contributed by atoms with Crippen molar-refractivity contribution in [2.24, 2.45) is 0 Å². The summed E-state index contributed by atoms with van der Waals surface area (Å²) in [6.07, 6.45) is 5.21. The monoisotopic (exact) mass is 301 g/mol. The minimum atomic E-state index is -0.456. The van der Waals surface area contributed by atoms with Gasteiger partial charge in [-0.1, -0.05) is 12.2 Å². The number of hydrogen-bond donors (Lipinski definition) is 1. The van der Waals surface area contributed by atoms with Crippen LogP contribution in [0.25, 0.3) is 0 Å². The Hall–Kier alpha value is -1.56. The van der Waals surface area contributed by atoms with Crippen LogP contribution in [0.2, 0.25) is 0 Å². The average Bonchev–Trinajstić information content (AvgIpc) is 3.08. The lowest BCUT2D eigenvalue weighted by Gasteiger charge is -2.53. The summed E-state index contributed by atoms with van der Waals surface area (Å²) in [5, 5.41) is 10.2. The number of fused-ring (bicyclic) bond motifs is 2. The van der Waals surface area contributed by atoms with Crippen LogP contribution >= 0.6 is 0 Å². The Bertz CT molecular complexity index is 687. The molecule has 1 N–H and O–H groups in total. The maximum absolute atomic E-state index is 10.2. The fourth-order valence-corrected chi connectivity index (χ4v) is 4.69. The number of nitrogens with zero attached hydrogens (tertiary/aromatic N) is 1. The first kappa shape index (κ1) is 12.9. The fraction of sp³-hybridized carbons (Fsp3) is 0.529. The second-order valence-corrected chi connectivity index (χ2v) is 6.71. The Morgan fingerprint density at radius 2 is 2.09 bits per heavy atom. The third-order valence-corrected chi connectivity index (χ3v) is 5.79. The molecule has 5 nitrogen and oxygen atoms in total. The van der Waals surface area contributed by atoms with Crippen molar-refractivity contribution in [2.45, 2.75) is 36.7 Å². The van der Waals surface area contributed by atoms with Gasteiger partial charge in [-0.2, -0.15) is 0 Å². The molecule has 0 spiro atoms. The summed E-state index contributed by atoms with van der Waals surface area (Å²) in [5.41, 5.74) is 1.75. The van der Waals surface area contributed by atoms with Crippen LogP contribution in [0, 0.1) is 0 Å². The van der Waals surface area contributed by atoms with E-state index in [4.69, 9.17) is 14.2 Å². The van der Waals surface area contributed by atoms with Gasteiger partial charge in [0.2, 0.25) is 6.79 Å². The van der Waals surface area contributed by atoms with Gasteiger partial charge in [-0.15, -0.1) is 0 Å². The van der Waals surface area contributed by atoms with Gasteiger partial charge in [-0.25, -0.2) is 0 Å². The van der Waals surface area contributed by atoms with Gasteiger partial charge in [0.1, 0.15) is 5.72 Å². The van der Waals surface area contributed by atoms with Crippen molar-refractivity contribution in [1.29, 1.82) is 0 Å². The van der Waals surface area contributed by atoms with Gasteiger partial charge in [-0.3, -0.25) is 4.90 Å². The van der Waals surface area contributed by atoms with Gasteiger partial charge in [0.15, 0.2) is 11.5 Å². The van der Waals surface area contributed by atoms with Crippen molar-refractivity contribution >= 4 is 0 Å². The number of rotatable bonds is 0. The molecule has 5 heteroatoms. The Kier molecular flexibility index (Phi) is 2.38. The summed E-state index contributed by atoms with van der Waals surface area (Å²) < 4.78 is 17.5. The Labute approximate surface area is 129 Å². The van der Waals surface area contributed by atoms with E-state index in [1.807, 2.05) is 12.1 Å². The number of aliphatic hydroxyl groups excluding tert-OH is 1. The highest BCUT2D eigenvalue weighted by molar-refractivity contribution is 5.55. The lowest BCUT2D eigenvalue weighted by atomic mass is 9.64. The zero-order chi connectivity index (χ0) is 14.9. The molecule has 4 aliphatic rings. The van der Waals surface area contributed by atoms with E-state index in [1.54, 1.807) is 0 Å². The first-order valence-electron chi connectivity index (χ1n) is 7.80. The van der Waals surface area contributed by atoms with Crippen LogP contribution in [0.4, 0.5) is 0 Å². The topological polar surface area (TPSA) is 51.2 Å². The molecule has 1 aromatic carbocycles. The second kappa shape index (κ2) is 4.04. The third kappa shape index (κ3) is 1.35. The van der Waals surface area contributed by atoms with Crippen LogP contribution in [0.3, 0.4) is 0 Å². The molecule has 1 aliphatic carbocycles. The maximum atomic E-state index is 10.2. The molecule has 1 aromatic rings. The molecule has 1 fully saturated rings. The zero-order valence-electron chi connectivity index (χ0n) is 12.5. The molecular weight excluding hydrogens is 282 g/mol. The summed E-state index contributed by atoms with van der Waals surface area (Å²) in [4.78, 5) is 2.26. The van der Waals surface area contributed by atoms with Gasteiger partial charge < -0.3 is 19.3 Å². The van der Waals surface area contributed by atoms with Crippen molar-refractivity contribution in [3.05, 3.63) is 35.4 Å². The number of benzene rings is 1. The summed E-state index contributed by atoms with van der Waals surface area (Å²) in [6.45, 7) is 1.77. The Balaban J connectivity index is 1.76. The minimum Gasteiger partial charge on any atom is -0.454 e. The molecule has 0 amide bonds. The summed E-state index contributed by atoms with van der Waals surface area (Å²) in [5.74, 6) is 1.62. The van der Waals surface area contributed by atoms with Crippen LogP contribution < -0.4 is 9.47 Å². The molecule has 1 saturated heterocycles. The molecule has 3 atom stereocenters. The molecule has 0 radical (unpaired) electrons. The van der Waals surface area contributed by atoms with Crippen LogP contribution in [-0.4, -0.2) is 42.2 Å². The first-order valence-corrected chi connectivity index (χ1v) is 7.80. The predicted octanol–water partition coefficient (Wildman–Crippen LogP) is 1.54. The van der Waals surface area contributed by atoms with Gasteiger partial charge in [-0.05, 0) is 36.7 Å². The number of aliphatic hydroxyl groups is 1.